The van der Waals surface area contributed by atoms with Gasteiger partial charge >= 0.3 is 33.0 Å². The fourth-order valence-electron chi connectivity index (χ4n) is 1.38. The Morgan fingerprint density at radius 3 is 1.70 bits per heavy atom. The van der Waals surface area contributed by atoms with E-state index in [9.17, 15) is 25.2 Å². The van der Waals surface area contributed by atoms with E-state index >= 15 is 0 Å². The van der Waals surface area contributed by atoms with Crippen LogP contribution in [-0.4, -0.2) is 43.9 Å². The molecule has 1 aromatic carbocycles. The Balaban J connectivity index is 0.000000585. The molecule has 0 aliphatic carbocycles. The standard InChI is InChI=1S/C13H18ClN2.F6P/c1-15(2)9-12(10-16(3)4)11-5-7-13(14)8-6-11;1-7(2,3,4,5)6/h5-10H,1-4H3;/q+1;-1. The van der Waals surface area contributed by atoms with Gasteiger partial charge in [-0.25, -0.2) is 4.58 Å². The van der Waals surface area contributed by atoms with E-state index in [1.54, 1.807) is 0 Å². The third kappa shape index (κ3) is 16.9. The molecule has 0 radical (unpaired) electrons. The van der Waals surface area contributed by atoms with Gasteiger partial charge in [-0.05, 0) is 17.7 Å². The van der Waals surface area contributed by atoms with Gasteiger partial charge in [0.15, 0.2) is 6.21 Å². The van der Waals surface area contributed by atoms with Crippen molar-refractivity contribution >= 4 is 31.2 Å². The van der Waals surface area contributed by atoms with Crippen molar-refractivity contribution in [2.24, 2.45) is 0 Å². The third-order valence-electron chi connectivity index (χ3n) is 1.97. The van der Waals surface area contributed by atoms with Gasteiger partial charge < -0.3 is 4.90 Å². The van der Waals surface area contributed by atoms with Gasteiger partial charge in [0.25, 0.3) is 0 Å². The molecule has 134 valence electrons. The van der Waals surface area contributed by atoms with Crippen LogP contribution in [0.3, 0.4) is 0 Å². The Bertz CT molecular complexity index is 575. The molecule has 0 unspecified atom stereocenters. The molecule has 10 heteroatoms. The first-order valence-electron chi connectivity index (χ1n) is 6.16. The Kier molecular flexibility index (Phi) is 6.32. The van der Waals surface area contributed by atoms with Crippen LogP contribution in [-0.2, 0) is 0 Å². The second-order valence-corrected chi connectivity index (χ2v) is 7.46. The van der Waals surface area contributed by atoms with Crippen molar-refractivity contribution < 1.29 is 29.8 Å². The quantitative estimate of drug-likeness (QED) is 0.270. The van der Waals surface area contributed by atoms with Crippen molar-refractivity contribution in [2.45, 2.75) is 0 Å². The van der Waals surface area contributed by atoms with Crippen molar-refractivity contribution in [3.63, 3.8) is 0 Å². The maximum absolute atomic E-state index is 10.7. The summed E-state index contributed by atoms with van der Waals surface area (Å²) in [6, 6.07) is 7.86. The SMILES string of the molecule is CN(C)/C=C(/C=[N+](C)C)c1ccc(Cl)cc1.F[P-](F)(F)(F)(F)F. The van der Waals surface area contributed by atoms with E-state index in [4.69, 9.17) is 11.6 Å². The molecule has 2 nitrogen and oxygen atoms in total. The average molecular weight is 383 g/mol. The van der Waals surface area contributed by atoms with E-state index in [1.807, 2.05) is 61.9 Å². The number of benzene rings is 1. The van der Waals surface area contributed by atoms with Gasteiger partial charge in [0.1, 0.15) is 14.1 Å². The van der Waals surface area contributed by atoms with Crippen LogP contribution in [0.1, 0.15) is 5.56 Å². The summed E-state index contributed by atoms with van der Waals surface area (Å²) in [5.74, 6) is 0. The molecule has 0 N–H and O–H groups in total. The average Bonchev–Trinajstić information content (AvgIpc) is 2.23. The molecule has 0 atom stereocenters. The van der Waals surface area contributed by atoms with Gasteiger partial charge in [-0.2, -0.15) is 0 Å². The first kappa shape index (κ1) is 21.7. The fourth-order valence-corrected chi connectivity index (χ4v) is 1.51. The molecule has 0 bridgehead atoms. The van der Waals surface area contributed by atoms with Crippen LogP contribution >= 0.6 is 19.4 Å². The molecule has 0 saturated carbocycles. The zero-order chi connectivity index (χ0) is 18.5. The Hall–Kier alpha value is -1.27. The minimum atomic E-state index is -10.7. The summed E-state index contributed by atoms with van der Waals surface area (Å²) >= 11 is 5.88. The van der Waals surface area contributed by atoms with Crippen LogP contribution in [0.5, 0.6) is 0 Å². The molecule has 0 aliphatic rings. The Morgan fingerprint density at radius 2 is 1.39 bits per heavy atom. The summed E-state index contributed by atoms with van der Waals surface area (Å²) in [6.45, 7) is 0. The molecule has 1 rings (SSSR count). The minimum absolute atomic E-state index is 0.762. The van der Waals surface area contributed by atoms with Crippen molar-refractivity contribution in [2.75, 3.05) is 28.2 Å². The van der Waals surface area contributed by atoms with E-state index in [0.717, 1.165) is 16.2 Å². The van der Waals surface area contributed by atoms with Gasteiger partial charge in [0.2, 0.25) is 0 Å². The topological polar surface area (TPSA) is 6.25 Å². The molecule has 1 aromatic rings. The van der Waals surface area contributed by atoms with Crippen LogP contribution in [0.25, 0.3) is 5.57 Å². The van der Waals surface area contributed by atoms with Gasteiger partial charge in [-0.3, -0.25) is 0 Å². The normalized spacial score (nSPS) is 14.8. The van der Waals surface area contributed by atoms with E-state index in [0.29, 0.717) is 0 Å². The number of rotatable bonds is 3. The van der Waals surface area contributed by atoms with Crippen LogP contribution in [0.15, 0.2) is 30.5 Å². The summed E-state index contributed by atoms with van der Waals surface area (Å²) in [7, 11) is -2.60. The van der Waals surface area contributed by atoms with E-state index in [-0.39, 0.29) is 0 Å². The number of hydrogen-bond donors (Lipinski definition) is 0. The summed E-state index contributed by atoms with van der Waals surface area (Å²) in [5, 5.41) is 0.762. The number of allylic oxidation sites excluding steroid dienone is 1. The van der Waals surface area contributed by atoms with E-state index in [2.05, 4.69) is 12.4 Å². The molecule has 0 aromatic heterocycles. The molecule has 0 fully saturated rings. The van der Waals surface area contributed by atoms with Gasteiger partial charge in [0, 0.05) is 25.3 Å². The Labute approximate surface area is 135 Å². The van der Waals surface area contributed by atoms with E-state index < -0.39 is 7.81 Å². The van der Waals surface area contributed by atoms with Crippen LogP contribution < -0.4 is 0 Å². The van der Waals surface area contributed by atoms with Crippen molar-refractivity contribution in [3.05, 3.63) is 41.1 Å². The molecule has 0 amide bonds. The van der Waals surface area contributed by atoms with E-state index in [1.165, 1.54) is 0 Å². The monoisotopic (exact) mass is 382 g/mol. The third-order valence-corrected chi connectivity index (χ3v) is 2.22. The summed E-state index contributed by atoms with van der Waals surface area (Å²) in [6.07, 6.45) is 4.17. The molecule has 0 heterocycles. The zero-order valence-corrected chi connectivity index (χ0v) is 14.6. The first-order chi connectivity index (χ1) is 9.94. The number of halogens is 7. The molecule has 0 aliphatic heterocycles. The van der Waals surface area contributed by atoms with Crippen LogP contribution in [0.4, 0.5) is 25.2 Å². The number of hydrogen-bond acceptors (Lipinski definition) is 1. The van der Waals surface area contributed by atoms with Gasteiger partial charge in [-0.1, -0.05) is 23.7 Å². The molecular weight excluding hydrogens is 365 g/mol. The number of nitrogens with zero attached hydrogens (tertiary/aromatic N) is 2. The molecule has 0 saturated heterocycles. The van der Waals surface area contributed by atoms with Crippen LogP contribution in [0.2, 0.25) is 5.02 Å². The second-order valence-electron chi connectivity index (χ2n) is 5.11. The van der Waals surface area contributed by atoms with Crippen molar-refractivity contribution in [3.8, 4) is 0 Å². The van der Waals surface area contributed by atoms with Crippen molar-refractivity contribution in [1.82, 2.24) is 4.90 Å². The zero-order valence-electron chi connectivity index (χ0n) is 13.0. The maximum atomic E-state index is 9.87. The predicted octanol–water partition coefficient (Wildman–Crippen LogP) is 5.97. The molecular formula is C13H18ClF6N2P. The fraction of sp³-hybridized carbons (Fsp3) is 0.308. The van der Waals surface area contributed by atoms with Gasteiger partial charge in [0.05, 0.1) is 5.57 Å². The van der Waals surface area contributed by atoms with Crippen molar-refractivity contribution in [1.29, 1.82) is 0 Å². The van der Waals surface area contributed by atoms with Gasteiger partial charge in [-0.15, -0.1) is 0 Å². The summed E-state index contributed by atoms with van der Waals surface area (Å²) in [4.78, 5) is 2.03. The second kappa shape index (κ2) is 6.69. The molecule has 0 spiro atoms. The van der Waals surface area contributed by atoms with Crippen LogP contribution in [0, 0.1) is 0 Å². The first-order valence-corrected chi connectivity index (χ1v) is 8.56. The predicted molar refractivity (Wildman–Crippen MR) is 84.9 cm³/mol. The summed E-state index contributed by atoms with van der Waals surface area (Å²) in [5.41, 5.74) is 2.32. The summed E-state index contributed by atoms with van der Waals surface area (Å²) < 4.78 is 61.2. The Morgan fingerprint density at radius 1 is 1.00 bits per heavy atom. The molecule has 23 heavy (non-hydrogen) atoms.